The Labute approximate surface area is 108 Å². The monoisotopic (exact) mass is 261 g/mol. The van der Waals surface area contributed by atoms with Gasteiger partial charge in [0.1, 0.15) is 0 Å². The quantitative estimate of drug-likeness (QED) is 0.749. The normalized spacial score (nSPS) is 9.50. The molecule has 104 valence electrons. The summed E-state index contributed by atoms with van der Waals surface area (Å²) in [6.07, 6.45) is -3.18. The first kappa shape index (κ1) is 19.1. The molecule has 0 saturated heterocycles. The summed E-state index contributed by atoms with van der Waals surface area (Å²) < 4.78 is 32.0. The van der Waals surface area contributed by atoms with Crippen molar-refractivity contribution in [2.75, 3.05) is 7.05 Å². The molecule has 18 heavy (non-hydrogen) atoms. The van der Waals surface area contributed by atoms with Crippen LogP contribution in [0, 0.1) is 0 Å². The zero-order valence-corrected chi connectivity index (χ0v) is 11.4. The maximum Gasteiger partial charge on any atom is 0.457 e. The van der Waals surface area contributed by atoms with E-state index >= 15 is 0 Å². The molecule has 0 aromatic heterocycles. The second-order valence-electron chi connectivity index (χ2n) is 3.07. The van der Waals surface area contributed by atoms with Crippen LogP contribution >= 0.6 is 0 Å². The summed E-state index contributed by atoms with van der Waals surface area (Å²) in [4.78, 5) is 0. The highest BCUT2D eigenvalue weighted by Gasteiger charge is 2.22. The lowest BCUT2D eigenvalue weighted by atomic mass is 10.1. The molecule has 1 rings (SSSR count). The molecule has 0 saturated carbocycles. The molecule has 0 atom stereocenters. The van der Waals surface area contributed by atoms with Crippen LogP contribution in [-0.2, 0) is 0 Å². The average Bonchev–Trinajstić information content (AvgIpc) is 2.41. The fourth-order valence-corrected chi connectivity index (χ4v) is 0.878. The molecule has 4 heteroatoms. The second kappa shape index (κ2) is 10.8. The van der Waals surface area contributed by atoms with Crippen LogP contribution in [0.3, 0.4) is 0 Å². The van der Waals surface area contributed by atoms with Crippen LogP contribution < -0.4 is 5.32 Å². The van der Waals surface area contributed by atoms with E-state index in [1.165, 1.54) is 11.1 Å². The first-order valence-electron chi connectivity index (χ1n) is 5.89. The van der Waals surface area contributed by atoms with Crippen LogP contribution in [0.25, 0.3) is 5.57 Å². The molecular formula is C14H22F3N. The summed E-state index contributed by atoms with van der Waals surface area (Å²) in [7, 11) is 0.833. The molecule has 1 nitrogen and oxygen atoms in total. The smallest absolute Gasteiger partial charge is 0.231 e. The van der Waals surface area contributed by atoms with Gasteiger partial charge in [-0.25, -0.2) is 5.32 Å². The van der Waals surface area contributed by atoms with E-state index in [0.717, 1.165) is 18.8 Å². The molecule has 0 unspecified atom stereocenters. The van der Waals surface area contributed by atoms with Gasteiger partial charge in [-0.1, -0.05) is 57.7 Å². The molecule has 0 aliphatic heterocycles. The highest BCUT2D eigenvalue weighted by Crippen LogP contribution is 2.13. The topological polar surface area (TPSA) is 12.0 Å². The lowest BCUT2D eigenvalue weighted by Gasteiger charge is -1.99. The van der Waals surface area contributed by atoms with Gasteiger partial charge in [0.25, 0.3) is 0 Å². The Balaban J connectivity index is 0. The minimum Gasteiger partial charge on any atom is -0.231 e. The third kappa shape index (κ3) is 11.2. The fraction of sp³-hybridized carbons (Fsp3) is 0.429. The van der Waals surface area contributed by atoms with Gasteiger partial charge in [-0.05, 0) is 24.6 Å². The second-order valence-corrected chi connectivity index (χ2v) is 3.07. The van der Waals surface area contributed by atoms with E-state index in [2.05, 4.69) is 25.6 Å². The van der Waals surface area contributed by atoms with Gasteiger partial charge < -0.3 is 0 Å². The molecule has 0 heterocycles. The van der Waals surface area contributed by atoms with Gasteiger partial charge in [0.05, 0.1) is 0 Å². The molecule has 1 aromatic rings. The summed E-state index contributed by atoms with van der Waals surface area (Å²) >= 11 is 0. The van der Waals surface area contributed by atoms with Crippen molar-refractivity contribution in [1.82, 2.24) is 5.32 Å². The third-order valence-corrected chi connectivity index (χ3v) is 1.89. The number of nitrogens with one attached hydrogen (secondary N) is 1. The highest BCUT2D eigenvalue weighted by atomic mass is 19.4. The number of allylic oxidation sites excluding steroid dienone is 1. The van der Waals surface area contributed by atoms with Crippen molar-refractivity contribution in [3.8, 4) is 0 Å². The fourth-order valence-electron chi connectivity index (χ4n) is 0.878. The molecule has 0 fully saturated rings. The van der Waals surface area contributed by atoms with Gasteiger partial charge in [-0.3, -0.25) is 0 Å². The number of alkyl halides is 3. The molecule has 1 aromatic carbocycles. The molecule has 0 radical (unpaired) electrons. The van der Waals surface area contributed by atoms with Crippen molar-refractivity contribution in [3.63, 3.8) is 0 Å². The predicted octanol–water partition coefficient (Wildman–Crippen LogP) is 4.86. The molecule has 0 bridgehead atoms. The predicted molar refractivity (Wildman–Crippen MR) is 72.2 cm³/mol. The van der Waals surface area contributed by atoms with E-state index in [1.807, 2.05) is 32.0 Å². The Bertz CT molecular complexity index is 305. The van der Waals surface area contributed by atoms with Crippen LogP contribution in [0.5, 0.6) is 0 Å². The van der Waals surface area contributed by atoms with Crippen molar-refractivity contribution < 1.29 is 13.2 Å². The van der Waals surface area contributed by atoms with Crippen LogP contribution in [-0.4, -0.2) is 13.3 Å². The summed E-state index contributed by atoms with van der Waals surface area (Å²) in [6, 6.07) is 10.3. The van der Waals surface area contributed by atoms with Gasteiger partial charge in [-0.15, -0.1) is 0 Å². The third-order valence-electron chi connectivity index (χ3n) is 1.89. The van der Waals surface area contributed by atoms with E-state index in [4.69, 9.17) is 0 Å². The molecule has 0 aliphatic rings. The summed E-state index contributed by atoms with van der Waals surface area (Å²) in [5, 5.41) is 1.10. The van der Waals surface area contributed by atoms with E-state index in [-0.39, 0.29) is 0 Å². The highest BCUT2D eigenvalue weighted by molar-refractivity contribution is 5.62. The maximum absolute atomic E-state index is 10.7. The van der Waals surface area contributed by atoms with Crippen LogP contribution in [0.4, 0.5) is 13.2 Å². The van der Waals surface area contributed by atoms with Crippen molar-refractivity contribution in [3.05, 3.63) is 42.5 Å². The number of benzene rings is 1. The summed E-state index contributed by atoms with van der Waals surface area (Å²) in [5.74, 6) is 0. The zero-order chi connectivity index (χ0) is 14.6. The zero-order valence-electron chi connectivity index (χ0n) is 11.4. The van der Waals surface area contributed by atoms with Gasteiger partial charge in [0, 0.05) is 0 Å². The Morgan fingerprint density at radius 2 is 1.56 bits per heavy atom. The SMILES string of the molecule is C=C(CC)c1ccccc1.CC.CNC(F)(F)F. The van der Waals surface area contributed by atoms with E-state index < -0.39 is 6.30 Å². The van der Waals surface area contributed by atoms with Crippen molar-refractivity contribution in [2.45, 2.75) is 33.5 Å². The summed E-state index contributed by atoms with van der Waals surface area (Å²) in [5.41, 5.74) is 2.46. The van der Waals surface area contributed by atoms with Crippen molar-refractivity contribution >= 4 is 5.57 Å². The average molecular weight is 261 g/mol. The van der Waals surface area contributed by atoms with Gasteiger partial charge in [0.15, 0.2) is 0 Å². The van der Waals surface area contributed by atoms with E-state index in [9.17, 15) is 13.2 Å². The van der Waals surface area contributed by atoms with Crippen LogP contribution in [0.1, 0.15) is 32.8 Å². The van der Waals surface area contributed by atoms with Crippen LogP contribution in [0.2, 0.25) is 0 Å². The lowest BCUT2D eigenvalue weighted by molar-refractivity contribution is -0.151. The number of hydrogen-bond donors (Lipinski definition) is 1. The molecule has 0 amide bonds. The number of hydrogen-bond acceptors (Lipinski definition) is 1. The van der Waals surface area contributed by atoms with Gasteiger partial charge >= 0.3 is 6.30 Å². The minimum atomic E-state index is -4.21. The molecule has 0 aliphatic carbocycles. The van der Waals surface area contributed by atoms with E-state index in [0.29, 0.717) is 0 Å². The largest absolute Gasteiger partial charge is 0.457 e. The molecular weight excluding hydrogens is 239 g/mol. The summed E-state index contributed by atoms with van der Waals surface area (Å²) in [6.45, 7) is 10.1. The lowest BCUT2D eigenvalue weighted by Crippen LogP contribution is -2.26. The van der Waals surface area contributed by atoms with Crippen molar-refractivity contribution in [1.29, 1.82) is 0 Å². The Kier molecular flexibility index (Phi) is 11.5. The minimum absolute atomic E-state index is 0.833. The Morgan fingerprint density at radius 1 is 1.17 bits per heavy atom. The first-order valence-corrected chi connectivity index (χ1v) is 5.89. The number of halogens is 3. The Hall–Kier alpha value is -1.29. The molecule has 1 N–H and O–H groups in total. The van der Waals surface area contributed by atoms with Crippen molar-refractivity contribution in [2.24, 2.45) is 0 Å². The van der Waals surface area contributed by atoms with Gasteiger partial charge in [0.2, 0.25) is 0 Å². The molecule has 0 spiro atoms. The first-order chi connectivity index (χ1) is 8.40. The maximum atomic E-state index is 10.7. The standard InChI is InChI=1S/C10H12.C2H4F3N.C2H6/c1-3-9(2)10-7-5-4-6-8-10;1-6-2(3,4)5;1-2/h4-8H,2-3H2,1H3;6H,1H3;1-2H3. The Morgan fingerprint density at radius 3 is 1.83 bits per heavy atom. The number of rotatable bonds is 2. The van der Waals surface area contributed by atoms with Crippen LogP contribution in [0.15, 0.2) is 36.9 Å². The van der Waals surface area contributed by atoms with Gasteiger partial charge in [-0.2, -0.15) is 13.2 Å². The van der Waals surface area contributed by atoms with E-state index in [1.54, 1.807) is 0 Å².